The van der Waals surface area contributed by atoms with Crippen molar-refractivity contribution in [2.24, 2.45) is 0 Å². The van der Waals surface area contributed by atoms with E-state index < -0.39 is 0 Å². The second-order valence-electron chi connectivity index (χ2n) is 5.58. The van der Waals surface area contributed by atoms with Crippen molar-refractivity contribution in [1.29, 1.82) is 0 Å². The Kier molecular flexibility index (Phi) is 7.86. The number of halogens is 1. The number of thioether (sulfide) groups is 2. The maximum absolute atomic E-state index is 12.2. The highest BCUT2D eigenvalue weighted by Crippen LogP contribution is 2.28. The number of hydrogen-bond acceptors (Lipinski definition) is 6. The van der Waals surface area contributed by atoms with E-state index >= 15 is 0 Å². The fourth-order valence-electron chi connectivity index (χ4n) is 1.98. The van der Waals surface area contributed by atoms with Gasteiger partial charge in [0.15, 0.2) is 5.16 Å². The predicted octanol–water partition coefficient (Wildman–Crippen LogP) is 3.80. The fourth-order valence-corrected chi connectivity index (χ4v) is 3.49. The zero-order valence-electron chi connectivity index (χ0n) is 14.7. The number of carbonyl (C=O) groups is 1. The van der Waals surface area contributed by atoms with Crippen LogP contribution in [0.3, 0.4) is 0 Å². The monoisotopic (exact) mass is 413 g/mol. The summed E-state index contributed by atoms with van der Waals surface area (Å²) in [6.07, 6.45) is 0. The van der Waals surface area contributed by atoms with Crippen LogP contribution < -0.4 is 15.6 Å². The molecule has 0 fully saturated rings. The second kappa shape index (κ2) is 9.89. The molecule has 2 rings (SSSR count). The van der Waals surface area contributed by atoms with Crippen LogP contribution in [-0.2, 0) is 10.5 Å². The summed E-state index contributed by atoms with van der Waals surface area (Å²) < 4.78 is 5.20. The molecule has 1 heterocycles. The van der Waals surface area contributed by atoms with E-state index in [1.54, 1.807) is 30.0 Å². The third kappa shape index (κ3) is 6.59. The SMILES string of the molecule is COc1ccc(Cl)cc1NC(=O)CSc1nc(CSC(C)C)cc(=O)[nH]1. The van der Waals surface area contributed by atoms with Crippen molar-refractivity contribution in [2.45, 2.75) is 30.0 Å². The van der Waals surface area contributed by atoms with Gasteiger partial charge in [0.2, 0.25) is 5.91 Å². The van der Waals surface area contributed by atoms with Crippen LogP contribution in [0.15, 0.2) is 34.2 Å². The molecule has 2 N–H and O–H groups in total. The number of ether oxygens (including phenoxy) is 1. The molecule has 6 nitrogen and oxygen atoms in total. The first-order chi connectivity index (χ1) is 12.4. The molecule has 0 bridgehead atoms. The van der Waals surface area contributed by atoms with Gasteiger partial charge in [-0.3, -0.25) is 9.59 Å². The van der Waals surface area contributed by atoms with Crippen LogP contribution in [0, 0.1) is 0 Å². The van der Waals surface area contributed by atoms with E-state index in [1.807, 2.05) is 0 Å². The van der Waals surface area contributed by atoms with Gasteiger partial charge >= 0.3 is 0 Å². The number of anilines is 1. The average Bonchev–Trinajstić information content (AvgIpc) is 2.58. The van der Waals surface area contributed by atoms with Crippen LogP contribution in [0.5, 0.6) is 5.75 Å². The van der Waals surface area contributed by atoms with Crippen LogP contribution in [-0.4, -0.2) is 34.0 Å². The molecule has 140 valence electrons. The Balaban J connectivity index is 1.99. The summed E-state index contributed by atoms with van der Waals surface area (Å²) in [6.45, 7) is 4.17. The summed E-state index contributed by atoms with van der Waals surface area (Å²) in [5, 5.41) is 4.12. The van der Waals surface area contributed by atoms with Crippen molar-refractivity contribution in [2.75, 3.05) is 18.2 Å². The molecule has 0 aliphatic carbocycles. The molecule has 0 aliphatic heterocycles. The summed E-state index contributed by atoms with van der Waals surface area (Å²) in [7, 11) is 1.52. The normalized spacial score (nSPS) is 10.8. The minimum atomic E-state index is -0.250. The zero-order chi connectivity index (χ0) is 19.1. The Morgan fingerprint density at radius 3 is 2.85 bits per heavy atom. The first-order valence-corrected chi connectivity index (χ1v) is 10.3. The zero-order valence-corrected chi connectivity index (χ0v) is 17.1. The molecule has 0 radical (unpaired) electrons. The maximum Gasteiger partial charge on any atom is 0.251 e. The number of H-pyrrole nitrogens is 1. The number of aromatic nitrogens is 2. The van der Waals surface area contributed by atoms with Gasteiger partial charge in [-0.1, -0.05) is 37.2 Å². The number of aromatic amines is 1. The first kappa shape index (κ1) is 20.7. The molecular formula is C17H20ClN3O3S2. The van der Waals surface area contributed by atoms with Crippen LogP contribution in [0.4, 0.5) is 5.69 Å². The highest BCUT2D eigenvalue weighted by molar-refractivity contribution is 7.99. The molecule has 0 spiro atoms. The van der Waals surface area contributed by atoms with Crippen molar-refractivity contribution in [3.63, 3.8) is 0 Å². The largest absolute Gasteiger partial charge is 0.495 e. The molecular weight excluding hydrogens is 394 g/mol. The van der Waals surface area contributed by atoms with E-state index in [-0.39, 0.29) is 17.2 Å². The highest BCUT2D eigenvalue weighted by Gasteiger charge is 2.11. The predicted molar refractivity (Wildman–Crippen MR) is 109 cm³/mol. The van der Waals surface area contributed by atoms with E-state index in [0.29, 0.717) is 38.3 Å². The van der Waals surface area contributed by atoms with Gasteiger partial charge in [-0.05, 0) is 23.4 Å². The quantitative estimate of drug-likeness (QED) is 0.505. The summed E-state index contributed by atoms with van der Waals surface area (Å²) in [6, 6.07) is 6.46. The highest BCUT2D eigenvalue weighted by atomic mass is 35.5. The van der Waals surface area contributed by atoms with Gasteiger partial charge in [0, 0.05) is 16.8 Å². The van der Waals surface area contributed by atoms with Crippen molar-refractivity contribution < 1.29 is 9.53 Å². The summed E-state index contributed by atoms with van der Waals surface area (Å²) in [4.78, 5) is 31.0. The number of methoxy groups -OCH3 is 1. The second-order valence-corrected chi connectivity index (χ2v) is 8.55. The number of rotatable bonds is 8. The number of nitrogens with one attached hydrogen (secondary N) is 2. The van der Waals surface area contributed by atoms with E-state index in [1.165, 1.54) is 24.9 Å². The van der Waals surface area contributed by atoms with Gasteiger partial charge < -0.3 is 15.0 Å². The van der Waals surface area contributed by atoms with Crippen molar-refractivity contribution in [3.05, 3.63) is 45.3 Å². The maximum atomic E-state index is 12.2. The number of nitrogens with zero attached hydrogens (tertiary/aromatic N) is 1. The summed E-state index contributed by atoms with van der Waals surface area (Å²) in [5.41, 5.74) is 0.972. The van der Waals surface area contributed by atoms with Crippen molar-refractivity contribution >= 4 is 46.7 Å². The minimum Gasteiger partial charge on any atom is -0.495 e. The first-order valence-electron chi connectivity index (χ1n) is 7.85. The lowest BCUT2D eigenvalue weighted by Gasteiger charge is -2.10. The van der Waals surface area contributed by atoms with Crippen molar-refractivity contribution in [1.82, 2.24) is 9.97 Å². The molecule has 1 amide bonds. The molecule has 0 saturated heterocycles. The average molecular weight is 414 g/mol. The van der Waals surface area contributed by atoms with E-state index in [9.17, 15) is 9.59 Å². The third-order valence-corrected chi connectivity index (χ3v) is 5.35. The van der Waals surface area contributed by atoms with Gasteiger partial charge in [0.25, 0.3) is 5.56 Å². The molecule has 0 aliphatic rings. The molecule has 0 unspecified atom stereocenters. The van der Waals surface area contributed by atoms with Crippen LogP contribution in [0.2, 0.25) is 5.02 Å². The minimum absolute atomic E-state index is 0.0966. The van der Waals surface area contributed by atoms with Gasteiger partial charge in [0.05, 0.1) is 24.2 Å². The molecule has 26 heavy (non-hydrogen) atoms. The summed E-state index contributed by atoms with van der Waals surface area (Å²) in [5.74, 6) is 1.02. The van der Waals surface area contributed by atoms with E-state index in [0.717, 1.165) is 0 Å². The molecule has 0 atom stereocenters. The Morgan fingerprint density at radius 2 is 2.15 bits per heavy atom. The smallest absolute Gasteiger partial charge is 0.251 e. The topological polar surface area (TPSA) is 84.1 Å². The number of benzene rings is 1. The standard InChI is InChI=1S/C17H20ClN3O3S2/c1-10(2)25-8-12-7-15(22)21-17(19-12)26-9-16(23)20-13-6-11(18)4-5-14(13)24-3/h4-7,10H,8-9H2,1-3H3,(H,20,23)(H,19,21,22). The van der Waals surface area contributed by atoms with Crippen LogP contribution in [0.1, 0.15) is 19.5 Å². The number of hydrogen-bond donors (Lipinski definition) is 2. The lowest BCUT2D eigenvalue weighted by atomic mass is 10.3. The Morgan fingerprint density at radius 1 is 1.38 bits per heavy atom. The Hall–Kier alpha value is -1.64. The molecule has 0 saturated carbocycles. The van der Waals surface area contributed by atoms with Crippen molar-refractivity contribution in [3.8, 4) is 5.75 Å². The summed E-state index contributed by atoms with van der Waals surface area (Å²) >= 11 is 8.82. The van der Waals surface area contributed by atoms with Crippen LogP contribution >= 0.6 is 35.1 Å². The Bertz CT molecular complexity index is 827. The molecule has 2 aromatic rings. The third-order valence-electron chi connectivity index (χ3n) is 3.11. The Labute approximate surface area is 165 Å². The van der Waals surface area contributed by atoms with Gasteiger partial charge in [-0.25, -0.2) is 4.98 Å². The van der Waals surface area contributed by atoms with Gasteiger partial charge in [0.1, 0.15) is 5.75 Å². The number of carbonyl (C=O) groups excluding carboxylic acids is 1. The van der Waals surface area contributed by atoms with E-state index in [2.05, 4.69) is 29.1 Å². The fraction of sp³-hybridized carbons (Fsp3) is 0.353. The lowest BCUT2D eigenvalue weighted by molar-refractivity contribution is -0.113. The van der Waals surface area contributed by atoms with Gasteiger partial charge in [-0.2, -0.15) is 11.8 Å². The molecule has 1 aromatic heterocycles. The molecule has 1 aromatic carbocycles. The van der Waals surface area contributed by atoms with E-state index in [4.69, 9.17) is 16.3 Å². The van der Waals surface area contributed by atoms with Gasteiger partial charge in [-0.15, -0.1) is 0 Å². The number of amides is 1. The van der Waals surface area contributed by atoms with Crippen LogP contribution in [0.25, 0.3) is 0 Å². The molecule has 9 heteroatoms. The lowest BCUT2D eigenvalue weighted by Crippen LogP contribution is -2.16.